The minimum Gasteiger partial charge on any atom is -0.497 e. The molecule has 2 atom stereocenters. The number of rotatable bonds is 9. The molecule has 2 fully saturated rings. The Labute approximate surface area is 317 Å². The molecule has 1 amide bonds. The molecule has 2 bridgehead atoms. The Balaban J connectivity index is 1.24. The summed E-state index contributed by atoms with van der Waals surface area (Å²) in [6, 6.07) is 18.2. The van der Waals surface area contributed by atoms with Crippen LogP contribution in [0.25, 0.3) is 22.2 Å². The number of fused-ring (bicyclic) bond motifs is 3. The molecule has 5 aromatic rings. The van der Waals surface area contributed by atoms with Crippen molar-refractivity contribution in [3.8, 4) is 22.8 Å². The predicted molar refractivity (Wildman–Crippen MR) is 203 cm³/mol. The number of nitrogens with zero attached hydrogens (tertiary/aromatic N) is 7. The van der Waals surface area contributed by atoms with Crippen molar-refractivity contribution in [2.24, 2.45) is 0 Å². The zero-order chi connectivity index (χ0) is 38.3. The number of piperazine rings is 1. The second-order valence-electron chi connectivity index (χ2n) is 14.7. The highest BCUT2D eigenvalue weighted by molar-refractivity contribution is 6.34. The van der Waals surface area contributed by atoms with Crippen LogP contribution in [0.2, 0.25) is 5.02 Å². The molecule has 0 N–H and O–H groups in total. The third-order valence-corrected chi connectivity index (χ3v) is 9.97. The molecule has 282 valence electrons. The lowest BCUT2D eigenvalue weighted by Crippen LogP contribution is -2.57. The zero-order valence-electron chi connectivity index (χ0n) is 31.1. The zero-order valence-corrected chi connectivity index (χ0v) is 31.8. The fourth-order valence-corrected chi connectivity index (χ4v) is 7.53. The summed E-state index contributed by atoms with van der Waals surface area (Å²) in [5, 5.41) is 0.326. The van der Waals surface area contributed by atoms with Crippen molar-refractivity contribution in [3.63, 3.8) is 0 Å². The average molecular weight is 758 g/mol. The van der Waals surface area contributed by atoms with Crippen molar-refractivity contribution in [1.29, 1.82) is 0 Å². The van der Waals surface area contributed by atoms with Crippen molar-refractivity contribution in [2.45, 2.75) is 71.3 Å². The lowest BCUT2D eigenvalue weighted by Gasteiger charge is -2.42. The first-order valence-electron chi connectivity index (χ1n) is 17.8. The largest absolute Gasteiger partial charge is 0.497 e. The van der Waals surface area contributed by atoms with Gasteiger partial charge in [-0.05, 0) is 88.1 Å². The number of carbonyl (C=O) groups is 1. The lowest BCUT2D eigenvalue weighted by atomic mass is 10.1. The number of aromatic nitrogens is 4. The van der Waals surface area contributed by atoms with Crippen LogP contribution in [0.3, 0.4) is 0 Å². The number of benzene rings is 3. The number of hydrogen-bond donors (Lipinski definition) is 0. The number of carbonyl (C=O) groups excluding carboxylic acids is 1. The van der Waals surface area contributed by atoms with Crippen molar-refractivity contribution >= 4 is 40.4 Å². The van der Waals surface area contributed by atoms with E-state index in [1.165, 1.54) is 0 Å². The number of aryl methyl sites for hydroxylation is 1. The Morgan fingerprint density at radius 2 is 1.44 bits per heavy atom. The highest BCUT2D eigenvalue weighted by Gasteiger charge is 2.45. The van der Waals surface area contributed by atoms with E-state index in [-0.39, 0.29) is 51.2 Å². The first kappa shape index (κ1) is 37.0. The van der Waals surface area contributed by atoms with Gasteiger partial charge in [0, 0.05) is 37.3 Å². The summed E-state index contributed by atoms with van der Waals surface area (Å²) in [6.07, 6.45) is 0.0674. The Morgan fingerprint density at radius 1 is 0.870 bits per heavy atom. The first-order valence-corrected chi connectivity index (χ1v) is 18.2. The Bertz CT molecular complexity index is 2120. The molecule has 7 rings (SSSR count). The van der Waals surface area contributed by atoms with Crippen LogP contribution < -0.4 is 19.3 Å². The fourth-order valence-electron chi connectivity index (χ4n) is 7.24. The van der Waals surface area contributed by atoms with Gasteiger partial charge in [-0.25, -0.2) is 19.2 Å². The van der Waals surface area contributed by atoms with E-state index in [9.17, 15) is 4.79 Å². The third-order valence-electron chi connectivity index (χ3n) is 9.67. The molecule has 54 heavy (non-hydrogen) atoms. The van der Waals surface area contributed by atoms with Gasteiger partial charge in [-0.1, -0.05) is 35.9 Å². The molecule has 0 radical (unpaired) electrons. The second-order valence-corrected chi connectivity index (χ2v) is 15.1. The van der Waals surface area contributed by atoms with Gasteiger partial charge in [-0.2, -0.15) is 14.4 Å². The van der Waals surface area contributed by atoms with Crippen molar-refractivity contribution in [2.75, 3.05) is 37.1 Å². The van der Waals surface area contributed by atoms with E-state index in [0.29, 0.717) is 37.8 Å². The number of halogens is 3. The molecule has 4 heterocycles. The monoisotopic (exact) mass is 757 g/mol. The van der Waals surface area contributed by atoms with Crippen LogP contribution >= 0.6 is 11.6 Å². The molecular weight excluding hydrogens is 716 g/mol. The second kappa shape index (κ2) is 14.8. The molecule has 2 aromatic heterocycles. The Hall–Kier alpha value is -5.30. The topological polar surface area (TPSA) is 106 Å². The molecule has 0 saturated carbocycles. The lowest BCUT2D eigenvalue weighted by molar-refractivity contribution is 0.0122. The van der Waals surface area contributed by atoms with Crippen LogP contribution in [0, 0.1) is 18.8 Å². The summed E-state index contributed by atoms with van der Waals surface area (Å²) in [7, 11) is 3.23. The van der Waals surface area contributed by atoms with E-state index >= 15 is 8.78 Å². The van der Waals surface area contributed by atoms with Gasteiger partial charge in [0.2, 0.25) is 5.95 Å². The van der Waals surface area contributed by atoms with Gasteiger partial charge in [-0.15, -0.1) is 0 Å². The molecule has 3 aromatic carbocycles. The maximum absolute atomic E-state index is 16.8. The summed E-state index contributed by atoms with van der Waals surface area (Å²) in [5.41, 5.74) is 1.87. The highest BCUT2D eigenvalue weighted by Crippen LogP contribution is 2.40. The van der Waals surface area contributed by atoms with Crippen molar-refractivity contribution < 1.29 is 27.8 Å². The molecule has 0 spiro atoms. The van der Waals surface area contributed by atoms with Crippen LogP contribution in [0.5, 0.6) is 11.5 Å². The van der Waals surface area contributed by atoms with Gasteiger partial charge in [0.15, 0.2) is 5.82 Å². The molecule has 2 saturated heterocycles. The summed E-state index contributed by atoms with van der Waals surface area (Å²) in [4.78, 5) is 36.4. The number of anilines is 2. The Kier molecular flexibility index (Phi) is 10.2. The molecule has 2 aliphatic rings. The summed E-state index contributed by atoms with van der Waals surface area (Å²) in [6.45, 7) is 8.88. The van der Waals surface area contributed by atoms with Gasteiger partial charge in [0.25, 0.3) is 0 Å². The van der Waals surface area contributed by atoms with E-state index in [0.717, 1.165) is 35.5 Å². The van der Waals surface area contributed by atoms with Crippen LogP contribution in [0.1, 0.15) is 50.4 Å². The van der Waals surface area contributed by atoms with Gasteiger partial charge in [0.05, 0.1) is 42.6 Å². The van der Waals surface area contributed by atoms with E-state index in [2.05, 4.69) is 9.97 Å². The van der Waals surface area contributed by atoms with Gasteiger partial charge < -0.3 is 24.0 Å². The minimum atomic E-state index is -1.07. The quantitative estimate of drug-likeness (QED) is 0.137. The van der Waals surface area contributed by atoms with E-state index < -0.39 is 17.5 Å². The van der Waals surface area contributed by atoms with Gasteiger partial charge in [-0.3, -0.25) is 4.90 Å². The minimum absolute atomic E-state index is 0.0244. The predicted octanol–water partition coefficient (Wildman–Crippen LogP) is 8.14. The molecule has 0 aliphatic carbocycles. The molecular formula is C40H42ClF2N7O4. The van der Waals surface area contributed by atoms with E-state index in [1.807, 2.05) is 79.1 Å². The number of methoxy groups -OCH3 is 2. The molecule has 2 unspecified atom stereocenters. The summed E-state index contributed by atoms with van der Waals surface area (Å²) in [5.74, 6) is 1.20. The standard InChI is InChI=1S/C40H42ClF2N7O4/c1-23-17-32(45-38(44-23)49(19-24-7-13-28(52-5)14-8-24)20-25-9-15-29(53-6)16-10-25)33-31(41)18-30-35(34(33)42)46-37(43)47-36(30)48-21-26-11-12-27(22-48)50(26)39(51)54-40(2,3)4/h7-10,13-18,26-27H,11-12,19-22H2,1-6H3. The fraction of sp³-hybridized carbons (Fsp3) is 0.375. The highest BCUT2D eigenvalue weighted by atomic mass is 35.5. The number of ether oxygens (including phenoxy) is 3. The van der Waals surface area contributed by atoms with E-state index in [4.69, 9.17) is 35.8 Å². The molecule has 2 aliphatic heterocycles. The van der Waals surface area contributed by atoms with E-state index in [1.54, 1.807) is 38.2 Å². The van der Waals surface area contributed by atoms with Crippen LogP contribution in [-0.4, -0.2) is 75.9 Å². The maximum Gasteiger partial charge on any atom is 0.410 e. The summed E-state index contributed by atoms with van der Waals surface area (Å²) < 4.78 is 48.4. The normalized spacial score (nSPS) is 16.8. The molecule has 11 nitrogen and oxygen atoms in total. The van der Waals surface area contributed by atoms with Gasteiger partial charge in [0.1, 0.15) is 28.4 Å². The smallest absolute Gasteiger partial charge is 0.410 e. The average Bonchev–Trinajstić information content (AvgIpc) is 3.40. The Morgan fingerprint density at radius 3 is 1.98 bits per heavy atom. The number of amides is 1. The van der Waals surface area contributed by atoms with Crippen molar-refractivity contribution in [3.05, 3.63) is 94.4 Å². The van der Waals surface area contributed by atoms with Crippen molar-refractivity contribution in [1.82, 2.24) is 24.8 Å². The first-order chi connectivity index (χ1) is 25.8. The maximum atomic E-state index is 16.8. The molecule has 14 heteroatoms. The van der Waals surface area contributed by atoms with Gasteiger partial charge >= 0.3 is 12.2 Å². The SMILES string of the molecule is COc1ccc(CN(Cc2ccc(OC)cc2)c2nc(C)cc(-c3c(Cl)cc4c(N5CC6CCC(C5)N6C(=O)OC(C)(C)C)nc(F)nc4c3F)n2)cc1. The summed E-state index contributed by atoms with van der Waals surface area (Å²) >= 11 is 6.92. The van der Waals surface area contributed by atoms with Crippen LogP contribution in [0.15, 0.2) is 60.7 Å². The number of hydrogen-bond acceptors (Lipinski definition) is 10. The third kappa shape index (κ3) is 7.68. The van der Waals surface area contributed by atoms with Crippen LogP contribution in [0.4, 0.5) is 25.3 Å². The van der Waals surface area contributed by atoms with Crippen LogP contribution in [-0.2, 0) is 17.8 Å².